The van der Waals surface area contributed by atoms with Gasteiger partial charge in [-0.15, -0.1) is 0 Å². The number of amides is 2. The fourth-order valence-electron chi connectivity index (χ4n) is 2.21. The number of nitrogens with one attached hydrogen (secondary N) is 2. The van der Waals surface area contributed by atoms with Gasteiger partial charge in [-0.05, 0) is 42.3 Å². The zero-order valence-corrected chi connectivity index (χ0v) is 15.0. The lowest BCUT2D eigenvalue weighted by Gasteiger charge is -2.06. The topological polar surface area (TPSA) is 79.8 Å². The van der Waals surface area contributed by atoms with Crippen LogP contribution >= 0.6 is 0 Å². The minimum absolute atomic E-state index is 0.0833. The third-order valence-electron chi connectivity index (χ3n) is 3.77. The van der Waals surface area contributed by atoms with E-state index in [4.69, 9.17) is 4.74 Å². The number of methoxy groups -OCH3 is 1. The quantitative estimate of drug-likeness (QED) is 0.565. The second kappa shape index (κ2) is 9.98. The number of ether oxygens (including phenoxy) is 1. The Kier molecular flexibility index (Phi) is 7.36. The molecule has 2 aromatic rings. The third-order valence-corrected chi connectivity index (χ3v) is 3.77. The summed E-state index contributed by atoms with van der Waals surface area (Å²) in [5.41, 5.74) is 5.05. The van der Waals surface area contributed by atoms with Crippen LogP contribution in [-0.2, 0) is 16.1 Å². The van der Waals surface area contributed by atoms with E-state index in [1.54, 1.807) is 14.0 Å². The first-order valence-electron chi connectivity index (χ1n) is 8.36. The number of carbonyl (C=O) groups excluding carboxylic acids is 2. The van der Waals surface area contributed by atoms with Crippen LogP contribution in [0.25, 0.3) is 0 Å². The predicted octanol–water partition coefficient (Wildman–Crippen LogP) is 2.63. The maximum Gasteiger partial charge on any atom is 0.240 e. The van der Waals surface area contributed by atoms with Crippen molar-refractivity contribution in [2.45, 2.75) is 26.3 Å². The molecule has 2 N–H and O–H groups in total. The maximum absolute atomic E-state index is 11.8. The van der Waals surface area contributed by atoms with E-state index in [9.17, 15) is 9.59 Å². The number of carbonyl (C=O) groups is 2. The summed E-state index contributed by atoms with van der Waals surface area (Å²) in [7, 11) is 1.60. The second-order valence-electron chi connectivity index (χ2n) is 5.72. The van der Waals surface area contributed by atoms with Crippen molar-refractivity contribution in [1.82, 2.24) is 10.7 Å². The molecule has 0 saturated heterocycles. The van der Waals surface area contributed by atoms with Crippen LogP contribution in [0.1, 0.15) is 30.9 Å². The first-order chi connectivity index (χ1) is 12.6. The van der Waals surface area contributed by atoms with E-state index in [1.807, 2.05) is 54.6 Å². The molecule has 0 radical (unpaired) electrons. The molecule has 0 aliphatic rings. The lowest BCUT2D eigenvalue weighted by molar-refractivity contribution is -0.126. The highest BCUT2D eigenvalue weighted by molar-refractivity contribution is 5.99. The van der Waals surface area contributed by atoms with Gasteiger partial charge in [0.1, 0.15) is 5.75 Å². The third kappa shape index (κ3) is 6.39. The molecule has 26 heavy (non-hydrogen) atoms. The molecule has 0 spiro atoms. The summed E-state index contributed by atoms with van der Waals surface area (Å²) < 4.78 is 5.10. The monoisotopic (exact) mass is 353 g/mol. The van der Waals surface area contributed by atoms with Gasteiger partial charge in [0.15, 0.2) is 0 Å². The number of hydrazone groups is 1. The highest BCUT2D eigenvalue weighted by Gasteiger charge is 2.07. The largest absolute Gasteiger partial charge is 0.497 e. The summed E-state index contributed by atoms with van der Waals surface area (Å²) >= 11 is 0. The standard InChI is InChI=1S/C20H23N3O3/c1-15(17-8-10-18(26-2)11-9-17)22-23-20(25)13-12-19(24)21-14-16-6-4-3-5-7-16/h3-11H,12-14H2,1-2H3,(H,21,24)(H,23,25). The molecule has 0 fully saturated rings. The molecule has 6 heteroatoms. The Labute approximate surface area is 153 Å². The van der Waals surface area contributed by atoms with Crippen molar-refractivity contribution in [3.05, 3.63) is 65.7 Å². The molecule has 2 rings (SSSR count). The minimum Gasteiger partial charge on any atom is -0.497 e. The molecule has 136 valence electrons. The molecule has 0 bridgehead atoms. The van der Waals surface area contributed by atoms with Crippen LogP contribution < -0.4 is 15.5 Å². The fourth-order valence-corrected chi connectivity index (χ4v) is 2.21. The molecule has 0 saturated carbocycles. The van der Waals surface area contributed by atoms with E-state index in [0.29, 0.717) is 12.3 Å². The van der Waals surface area contributed by atoms with Crippen molar-refractivity contribution in [3.63, 3.8) is 0 Å². The average Bonchev–Trinajstić information content (AvgIpc) is 2.69. The number of benzene rings is 2. The number of hydrogen-bond acceptors (Lipinski definition) is 4. The predicted molar refractivity (Wildman–Crippen MR) is 101 cm³/mol. The van der Waals surface area contributed by atoms with E-state index in [0.717, 1.165) is 16.9 Å². The van der Waals surface area contributed by atoms with E-state index >= 15 is 0 Å². The van der Waals surface area contributed by atoms with Crippen molar-refractivity contribution in [2.75, 3.05) is 7.11 Å². The summed E-state index contributed by atoms with van der Waals surface area (Å²) in [6.07, 6.45) is 0.204. The van der Waals surface area contributed by atoms with Crippen molar-refractivity contribution in [3.8, 4) is 5.75 Å². The first-order valence-corrected chi connectivity index (χ1v) is 8.36. The molecule has 0 aliphatic heterocycles. The van der Waals surface area contributed by atoms with Gasteiger partial charge in [-0.2, -0.15) is 5.10 Å². The van der Waals surface area contributed by atoms with Crippen molar-refractivity contribution in [1.29, 1.82) is 0 Å². The van der Waals surface area contributed by atoms with Gasteiger partial charge in [-0.25, -0.2) is 5.43 Å². The van der Waals surface area contributed by atoms with Gasteiger partial charge in [-0.3, -0.25) is 9.59 Å². The van der Waals surface area contributed by atoms with Crippen molar-refractivity contribution >= 4 is 17.5 Å². The van der Waals surface area contributed by atoms with Crippen LogP contribution in [0.4, 0.5) is 0 Å². The van der Waals surface area contributed by atoms with Gasteiger partial charge < -0.3 is 10.1 Å². The molecule has 0 atom stereocenters. The van der Waals surface area contributed by atoms with Gasteiger partial charge >= 0.3 is 0 Å². The molecule has 0 aromatic heterocycles. The van der Waals surface area contributed by atoms with Crippen LogP contribution in [-0.4, -0.2) is 24.6 Å². The Balaban J connectivity index is 1.72. The van der Waals surface area contributed by atoms with Crippen LogP contribution in [0.3, 0.4) is 0 Å². The molecule has 0 unspecified atom stereocenters. The molecular formula is C20H23N3O3. The molecule has 2 amide bonds. The van der Waals surface area contributed by atoms with Crippen molar-refractivity contribution < 1.29 is 14.3 Å². The zero-order chi connectivity index (χ0) is 18.8. The molecule has 2 aromatic carbocycles. The maximum atomic E-state index is 11.8. The normalized spacial score (nSPS) is 10.9. The highest BCUT2D eigenvalue weighted by Crippen LogP contribution is 2.11. The van der Waals surface area contributed by atoms with E-state index in [2.05, 4.69) is 15.8 Å². The Hall–Kier alpha value is -3.15. The summed E-state index contributed by atoms with van der Waals surface area (Å²) in [6.45, 7) is 2.25. The smallest absolute Gasteiger partial charge is 0.240 e. The van der Waals surface area contributed by atoms with Crippen LogP contribution in [0.2, 0.25) is 0 Å². The molecule has 0 heterocycles. The lowest BCUT2D eigenvalue weighted by atomic mass is 10.1. The summed E-state index contributed by atoms with van der Waals surface area (Å²) in [6, 6.07) is 17.0. The Morgan fingerprint density at radius 1 is 0.962 bits per heavy atom. The van der Waals surface area contributed by atoms with Gasteiger partial charge in [0.25, 0.3) is 0 Å². The van der Waals surface area contributed by atoms with E-state index in [-0.39, 0.29) is 24.7 Å². The summed E-state index contributed by atoms with van der Waals surface area (Å²) in [5, 5.41) is 6.86. The zero-order valence-electron chi connectivity index (χ0n) is 15.0. The van der Waals surface area contributed by atoms with Crippen molar-refractivity contribution in [2.24, 2.45) is 5.10 Å². The van der Waals surface area contributed by atoms with Gasteiger partial charge in [0.05, 0.1) is 12.8 Å². The van der Waals surface area contributed by atoms with Gasteiger partial charge in [0, 0.05) is 19.4 Å². The molecule has 0 aliphatic carbocycles. The van der Waals surface area contributed by atoms with E-state index < -0.39 is 0 Å². The summed E-state index contributed by atoms with van der Waals surface area (Å²) in [4.78, 5) is 23.6. The van der Waals surface area contributed by atoms with Gasteiger partial charge in [-0.1, -0.05) is 30.3 Å². The average molecular weight is 353 g/mol. The van der Waals surface area contributed by atoms with Crippen LogP contribution in [0, 0.1) is 0 Å². The van der Waals surface area contributed by atoms with Crippen LogP contribution in [0.5, 0.6) is 5.75 Å². The number of rotatable bonds is 8. The lowest BCUT2D eigenvalue weighted by Crippen LogP contribution is -2.26. The summed E-state index contributed by atoms with van der Waals surface area (Å²) in [5.74, 6) is 0.291. The number of nitrogens with zero attached hydrogens (tertiary/aromatic N) is 1. The van der Waals surface area contributed by atoms with Gasteiger partial charge in [0.2, 0.25) is 11.8 Å². The first kappa shape index (κ1) is 19.2. The van der Waals surface area contributed by atoms with Crippen LogP contribution in [0.15, 0.2) is 59.7 Å². The highest BCUT2D eigenvalue weighted by atomic mass is 16.5. The molecule has 6 nitrogen and oxygen atoms in total. The van der Waals surface area contributed by atoms with E-state index in [1.165, 1.54) is 0 Å². The second-order valence-corrected chi connectivity index (χ2v) is 5.72. The Morgan fingerprint density at radius 2 is 1.62 bits per heavy atom. The Morgan fingerprint density at radius 3 is 2.27 bits per heavy atom. The SMILES string of the molecule is COc1ccc(C(C)=NNC(=O)CCC(=O)NCc2ccccc2)cc1. The Bertz CT molecular complexity index is 756. The molecular weight excluding hydrogens is 330 g/mol. The number of hydrogen-bond donors (Lipinski definition) is 2. The minimum atomic E-state index is -0.298. The fraction of sp³-hybridized carbons (Fsp3) is 0.250.